The maximum atomic E-state index is 14.7. The van der Waals surface area contributed by atoms with Gasteiger partial charge < -0.3 is 14.9 Å². The van der Waals surface area contributed by atoms with Crippen molar-refractivity contribution in [3.63, 3.8) is 0 Å². The average molecular weight is 388 g/mol. The molecule has 0 aromatic heterocycles. The first kappa shape index (κ1) is 17.2. The van der Waals surface area contributed by atoms with Gasteiger partial charge in [-0.15, -0.1) is 0 Å². The van der Waals surface area contributed by atoms with Crippen molar-refractivity contribution < 1.29 is 18.7 Å². The maximum absolute atomic E-state index is 14.7. The fraction of sp³-hybridized carbons (Fsp3) is 0.682. The summed E-state index contributed by atoms with van der Waals surface area (Å²) in [5.74, 6) is 0.129. The number of halogens is 2. The molecule has 3 atom stereocenters. The summed E-state index contributed by atoms with van der Waals surface area (Å²) in [5.41, 5.74) is -0.766. The average Bonchev–Trinajstić information content (AvgIpc) is 3.13. The predicted molar refractivity (Wildman–Crippen MR) is 98.4 cm³/mol. The van der Waals surface area contributed by atoms with Gasteiger partial charge in [-0.1, -0.05) is 6.07 Å². The van der Waals surface area contributed by atoms with Crippen molar-refractivity contribution in [3.05, 3.63) is 35.4 Å². The molecule has 4 saturated carbocycles. The van der Waals surface area contributed by atoms with Crippen LogP contribution >= 0.6 is 0 Å². The Balaban J connectivity index is 1.37. The third-order valence-electron chi connectivity index (χ3n) is 8.38. The van der Waals surface area contributed by atoms with Gasteiger partial charge in [-0.25, -0.2) is 13.6 Å². The van der Waals surface area contributed by atoms with Crippen LogP contribution in [0.5, 0.6) is 0 Å². The van der Waals surface area contributed by atoms with E-state index in [9.17, 15) is 18.7 Å². The molecular formula is C22H26F2N2O2. The van der Waals surface area contributed by atoms with Crippen molar-refractivity contribution in [2.75, 3.05) is 13.1 Å². The highest BCUT2D eigenvalue weighted by molar-refractivity contribution is 5.80. The SMILES string of the molecule is O=C1N(C2C3CC4CC2CC(O)(C4)C3)CC2(c3ccc(F)cc3F)CCCN12. The molecular weight excluding hydrogens is 362 g/mol. The summed E-state index contributed by atoms with van der Waals surface area (Å²) in [5, 5.41) is 10.9. The number of urea groups is 1. The van der Waals surface area contributed by atoms with Crippen LogP contribution in [0, 0.1) is 29.4 Å². The molecule has 4 nitrogen and oxygen atoms in total. The van der Waals surface area contributed by atoms with E-state index in [1.807, 2.05) is 9.80 Å². The summed E-state index contributed by atoms with van der Waals surface area (Å²) in [7, 11) is 0. The lowest BCUT2D eigenvalue weighted by atomic mass is 9.52. The van der Waals surface area contributed by atoms with Gasteiger partial charge in [0.1, 0.15) is 11.6 Å². The van der Waals surface area contributed by atoms with E-state index >= 15 is 0 Å². The molecule has 2 heterocycles. The molecule has 4 bridgehead atoms. The minimum absolute atomic E-state index is 0.00527. The number of benzene rings is 1. The monoisotopic (exact) mass is 388 g/mol. The number of aliphatic hydroxyl groups is 1. The Labute approximate surface area is 163 Å². The van der Waals surface area contributed by atoms with Crippen LogP contribution in [0.4, 0.5) is 13.6 Å². The minimum Gasteiger partial charge on any atom is -0.390 e. The normalized spacial score (nSPS) is 43.9. The fourth-order valence-electron chi connectivity index (χ4n) is 7.75. The Morgan fingerprint density at radius 2 is 1.86 bits per heavy atom. The van der Waals surface area contributed by atoms with Crippen LogP contribution in [0.2, 0.25) is 0 Å². The van der Waals surface area contributed by atoms with Crippen LogP contribution in [-0.2, 0) is 5.54 Å². The zero-order valence-electron chi connectivity index (χ0n) is 15.9. The lowest BCUT2D eigenvalue weighted by Gasteiger charge is -2.59. The van der Waals surface area contributed by atoms with E-state index in [0.717, 1.165) is 44.6 Å². The highest BCUT2D eigenvalue weighted by Gasteiger charge is 2.62. The molecule has 2 amide bonds. The Kier molecular flexibility index (Phi) is 3.36. The van der Waals surface area contributed by atoms with E-state index in [1.54, 1.807) is 0 Å². The second-order valence-electron chi connectivity index (χ2n) is 10.0. The molecule has 150 valence electrons. The second kappa shape index (κ2) is 5.47. The van der Waals surface area contributed by atoms with E-state index < -0.39 is 22.8 Å². The van der Waals surface area contributed by atoms with Crippen LogP contribution < -0.4 is 0 Å². The summed E-state index contributed by atoms with van der Waals surface area (Å²) in [4.78, 5) is 17.3. The highest BCUT2D eigenvalue weighted by Crippen LogP contribution is 2.58. The summed E-state index contributed by atoms with van der Waals surface area (Å²) in [6.45, 7) is 1.11. The van der Waals surface area contributed by atoms with Crippen LogP contribution in [0.25, 0.3) is 0 Å². The molecule has 2 aliphatic heterocycles. The number of carbonyl (C=O) groups excluding carboxylic acids is 1. The quantitative estimate of drug-likeness (QED) is 0.841. The summed E-state index contributed by atoms with van der Waals surface area (Å²) < 4.78 is 28.2. The predicted octanol–water partition coefficient (Wildman–Crippen LogP) is 3.63. The van der Waals surface area contributed by atoms with E-state index in [2.05, 4.69) is 0 Å². The number of hydrogen-bond donors (Lipinski definition) is 1. The molecule has 6 heteroatoms. The Hall–Kier alpha value is -1.69. The molecule has 1 aromatic carbocycles. The van der Waals surface area contributed by atoms with Gasteiger partial charge in [0.2, 0.25) is 0 Å². The first-order valence-corrected chi connectivity index (χ1v) is 10.6. The third kappa shape index (κ3) is 2.15. The number of hydrogen-bond acceptors (Lipinski definition) is 2. The van der Waals surface area contributed by atoms with Gasteiger partial charge in [-0.05, 0) is 68.8 Å². The van der Waals surface area contributed by atoms with Crippen LogP contribution in [0.15, 0.2) is 18.2 Å². The van der Waals surface area contributed by atoms with Crippen molar-refractivity contribution >= 4 is 6.03 Å². The van der Waals surface area contributed by atoms with Crippen LogP contribution in [0.1, 0.15) is 50.5 Å². The van der Waals surface area contributed by atoms with Crippen molar-refractivity contribution in [2.24, 2.45) is 17.8 Å². The van der Waals surface area contributed by atoms with E-state index in [0.29, 0.717) is 42.8 Å². The van der Waals surface area contributed by atoms with Crippen molar-refractivity contribution in [1.29, 1.82) is 0 Å². The zero-order chi connectivity index (χ0) is 19.3. The van der Waals surface area contributed by atoms with Gasteiger partial charge in [-0.3, -0.25) is 0 Å². The summed E-state index contributed by atoms with van der Waals surface area (Å²) in [6.07, 6.45) is 6.22. The Bertz CT molecular complexity index is 845. The molecule has 7 rings (SSSR count). The molecule has 6 aliphatic rings. The van der Waals surface area contributed by atoms with Gasteiger partial charge in [0.25, 0.3) is 0 Å². The highest BCUT2D eigenvalue weighted by atomic mass is 19.1. The first-order valence-electron chi connectivity index (χ1n) is 10.6. The van der Waals surface area contributed by atoms with Gasteiger partial charge in [-0.2, -0.15) is 0 Å². The molecule has 28 heavy (non-hydrogen) atoms. The maximum Gasteiger partial charge on any atom is 0.321 e. The van der Waals surface area contributed by atoms with Crippen molar-refractivity contribution in [2.45, 2.75) is 62.1 Å². The van der Waals surface area contributed by atoms with Crippen LogP contribution in [0.3, 0.4) is 0 Å². The smallest absolute Gasteiger partial charge is 0.321 e. The van der Waals surface area contributed by atoms with Gasteiger partial charge in [0.05, 0.1) is 17.7 Å². The number of rotatable bonds is 2. The second-order valence-corrected chi connectivity index (χ2v) is 10.0. The largest absolute Gasteiger partial charge is 0.390 e. The summed E-state index contributed by atoms with van der Waals surface area (Å²) >= 11 is 0. The number of carbonyl (C=O) groups is 1. The van der Waals surface area contributed by atoms with Gasteiger partial charge in [0, 0.05) is 24.2 Å². The summed E-state index contributed by atoms with van der Waals surface area (Å²) in [6, 6.07) is 3.92. The van der Waals surface area contributed by atoms with Crippen molar-refractivity contribution in [3.8, 4) is 0 Å². The topological polar surface area (TPSA) is 43.8 Å². The standard InChI is InChI=1S/C22H26F2N2O2/c23-16-2-3-17(18(24)8-16)22-4-1-5-26(22)20(27)25(12-22)19-14-6-13-7-15(19)11-21(28,9-13)10-14/h2-3,8,13-15,19,28H,1,4-7,9-12H2. The van der Waals surface area contributed by atoms with Gasteiger partial charge >= 0.3 is 6.03 Å². The van der Waals surface area contributed by atoms with E-state index in [4.69, 9.17) is 0 Å². The Morgan fingerprint density at radius 3 is 2.54 bits per heavy atom. The lowest BCUT2D eigenvalue weighted by molar-refractivity contribution is -0.153. The molecule has 4 aliphatic carbocycles. The number of amides is 2. The van der Waals surface area contributed by atoms with Gasteiger partial charge in [0.15, 0.2) is 0 Å². The molecule has 1 aromatic rings. The van der Waals surface area contributed by atoms with Crippen molar-refractivity contribution in [1.82, 2.24) is 9.80 Å². The molecule has 2 saturated heterocycles. The molecule has 6 fully saturated rings. The fourth-order valence-corrected chi connectivity index (χ4v) is 7.75. The zero-order valence-corrected chi connectivity index (χ0v) is 15.9. The van der Waals surface area contributed by atoms with E-state index in [1.165, 1.54) is 12.1 Å². The number of nitrogens with zero attached hydrogens (tertiary/aromatic N) is 2. The number of fused-ring (bicyclic) bond motifs is 1. The molecule has 0 spiro atoms. The molecule has 3 unspecified atom stereocenters. The minimum atomic E-state index is -0.680. The van der Waals surface area contributed by atoms with E-state index in [-0.39, 0.29) is 12.1 Å². The van der Waals surface area contributed by atoms with Crippen LogP contribution in [-0.4, -0.2) is 45.7 Å². The first-order chi connectivity index (χ1) is 13.4. The third-order valence-corrected chi connectivity index (χ3v) is 8.38. The lowest BCUT2D eigenvalue weighted by Crippen LogP contribution is -2.62. The Morgan fingerprint density at radius 1 is 1.11 bits per heavy atom. The molecule has 1 N–H and O–H groups in total. The molecule has 0 radical (unpaired) electrons.